The van der Waals surface area contributed by atoms with Crippen LogP contribution in [-0.4, -0.2) is 53.2 Å². The van der Waals surface area contributed by atoms with Gasteiger partial charge >= 0.3 is 6.09 Å². The summed E-state index contributed by atoms with van der Waals surface area (Å²) < 4.78 is 5.25. The Morgan fingerprint density at radius 2 is 1.88 bits per heavy atom. The Morgan fingerprint density at radius 1 is 1.19 bits per heavy atom. The first-order valence-corrected chi connectivity index (χ1v) is 6.23. The van der Waals surface area contributed by atoms with Crippen molar-refractivity contribution in [2.24, 2.45) is 0 Å². The fourth-order valence-corrected chi connectivity index (χ4v) is 2.55. The molecule has 16 heavy (non-hydrogen) atoms. The van der Waals surface area contributed by atoms with Crippen molar-refractivity contribution in [2.75, 3.05) is 13.1 Å². The third-order valence-corrected chi connectivity index (χ3v) is 3.38. The number of ether oxygens (including phenoxy) is 1. The summed E-state index contributed by atoms with van der Waals surface area (Å²) in [6, 6.07) is 1.56. The third-order valence-electron chi connectivity index (χ3n) is 3.38. The molecule has 2 aliphatic rings. The van der Waals surface area contributed by atoms with E-state index in [1.807, 2.05) is 18.7 Å². The van der Waals surface area contributed by atoms with E-state index in [9.17, 15) is 4.79 Å². The summed E-state index contributed by atoms with van der Waals surface area (Å²) in [6.07, 6.45) is 0.962. The highest BCUT2D eigenvalue weighted by molar-refractivity contribution is 5.69. The van der Waals surface area contributed by atoms with Crippen molar-refractivity contribution in [1.29, 1.82) is 0 Å². The van der Waals surface area contributed by atoms with E-state index in [-0.39, 0.29) is 12.2 Å². The largest absolute Gasteiger partial charge is 0.447 e. The molecule has 1 saturated carbocycles. The van der Waals surface area contributed by atoms with Crippen molar-refractivity contribution >= 4 is 6.09 Å². The van der Waals surface area contributed by atoms with Crippen LogP contribution < -0.4 is 0 Å². The van der Waals surface area contributed by atoms with Crippen molar-refractivity contribution in [2.45, 2.75) is 58.3 Å². The number of fused-ring (bicyclic) bond motifs is 1. The van der Waals surface area contributed by atoms with E-state index >= 15 is 0 Å². The lowest BCUT2D eigenvalue weighted by atomic mass is 10.2. The van der Waals surface area contributed by atoms with Crippen molar-refractivity contribution in [3.63, 3.8) is 0 Å². The molecular weight excluding hydrogens is 204 g/mol. The zero-order chi connectivity index (χ0) is 11.9. The summed E-state index contributed by atoms with van der Waals surface area (Å²) in [5, 5.41) is 0. The number of carbonyl (C=O) groups excluding carboxylic acids is 1. The lowest BCUT2D eigenvalue weighted by molar-refractivity contribution is 0.0497. The van der Waals surface area contributed by atoms with Crippen LogP contribution in [0.1, 0.15) is 34.1 Å². The molecule has 2 atom stereocenters. The van der Waals surface area contributed by atoms with Crippen LogP contribution in [0.5, 0.6) is 0 Å². The fourth-order valence-electron chi connectivity index (χ4n) is 2.55. The van der Waals surface area contributed by atoms with Crippen LogP contribution in [0.25, 0.3) is 0 Å². The Morgan fingerprint density at radius 3 is 2.44 bits per heavy atom. The van der Waals surface area contributed by atoms with Crippen molar-refractivity contribution < 1.29 is 9.53 Å². The predicted molar refractivity (Wildman–Crippen MR) is 62.4 cm³/mol. The van der Waals surface area contributed by atoms with Gasteiger partial charge in [-0.25, -0.2) is 4.79 Å². The maximum atomic E-state index is 11.8. The molecule has 0 aromatic carbocycles. The molecule has 0 aromatic rings. The molecule has 2 unspecified atom stereocenters. The summed E-state index contributed by atoms with van der Waals surface area (Å²) in [5.41, 5.74) is 0. The van der Waals surface area contributed by atoms with Crippen LogP contribution in [0.4, 0.5) is 4.79 Å². The van der Waals surface area contributed by atoms with E-state index < -0.39 is 0 Å². The first-order valence-electron chi connectivity index (χ1n) is 6.23. The molecule has 2 fully saturated rings. The predicted octanol–water partition coefficient (Wildman–Crippen LogP) is 1.70. The van der Waals surface area contributed by atoms with Gasteiger partial charge in [0.2, 0.25) is 0 Å². The van der Waals surface area contributed by atoms with Crippen molar-refractivity contribution in [3.8, 4) is 0 Å². The van der Waals surface area contributed by atoms with Crippen LogP contribution in [0.3, 0.4) is 0 Å². The Labute approximate surface area is 97.5 Å². The van der Waals surface area contributed by atoms with E-state index in [4.69, 9.17) is 4.74 Å². The van der Waals surface area contributed by atoms with Gasteiger partial charge < -0.3 is 9.64 Å². The summed E-state index contributed by atoms with van der Waals surface area (Å²) in [5.74, 6) is 0. The van der Waals surface area contributed by atoms with Crippen LogP contribution in [-0.2, 0) is 4.74 Å². The molecule has 1 saturated heterocycles. The molecule has 4 heteroatoms. The molecular formula is C12H22N2O2. The molecule has 2 rings (SSSR count). The number of hydrogen-bond acceptors (Lipinski definition) is 3. The van der Waals surface area contributed by atoms with Crippen LogP contribution in [0.15, 0.2) is 0 Å². The second-order valence-electron chi connectivity index (χ2n) is 5.33. The Kier molecular flexibility index (Phi) is 3.10. The first kappa shape index (κ1) is 11.7. The third kappa shape index (κ3) is 2.17. The van der Waals surface area contributed by atoms with Gasteiger partial charge in [-0.1, -0.05) is 0 Å². The second-order valence-corrected chi connectivity index (χ2v) is 5.33. The molecule has 1 amide bonds. The Hall–Kier alpha value is -0.770. The van der Waals surface area contributed by atoms with Gasteiger partial charge in [0, 0.05) is 25.2 Å². The quantitative estimate of drug-likeness (QED) is 0.718. The van der Waals surface area contributed by atoms with E-state index in [1.54, 1.807) is 0 Å². The van der Waals surface area contributed by atoms with Crippen LogP contribution >= 0.6 is 0 Å². The molecule has 0 aromatic heterocycles. The number of amides is 1. The maximum Gasteiger partial charge on any atom is 0.410 e. The van der Waals surface area contributed by atoms with Gasteiger partial charge in [0.05, 0.1) is 12.1 Å². The second kappa shape index (κ2) is 4.24. The maximum absolute atomic E-state index is 11.8. The molecule has 4 nitrogen and oxygen atoms in total. The van der Waals surface area contributed by atoms with Gasteiger partial charge in [0.15, 0.2) is 0 Å². The first-order chi connectivity index (χ1) is 7.50. The van der Waals surface area contributed by atoms with Gasteiger partial charge in [0.25, 0.3) is 0 Å². The highest BCUT2D eigenvalue weighted by atomic mass is 16.6. The van der Waals surface area contributed by atoms with Gasteiger partial charge in [0.1, 0.15) is 0 Å². The fraction of sp³-hybridized carbons (Fsp3) is 0.917. The minimum absolute atomic E-state index is 0.0205. The summed E-state index contributed by atoms with van der Waals surface area (Å²) in [4.78, 5) is 16.2. The normalized spacial score (nSPS) is 29.5. The molecule has 1 heterocycles. The van der Waals surface area contributed by atoms with Crippen molar-refractivity contribution in [1.82, 2.24) is 9.80 Å². The van der Waals surface area contributed by atoms with Gasteiger partial charge in [-0.3, -0.25) is 4.90 Å². The molecule has 1 aliphatic carbocycles. The van der Waals surface area contributed by atoms with E-state index in [1.165, 1.54) is 0 Å². The van der Waals surface area contributed by atoms with E-state index in [0.29, 0.717) is 18.1 Å². The van der Waals surface area contributed by atoms with Crippen LogP contribution in [0, 0.1) is 0 Å². The molecule has 1 aliphatic heterocycles. The number of piperazine rings is 1. The lowest BCUT2D eigenvalue weighted by Gasteiger charge is -2.36. The average Bonchev–Trinajstić information content (AvgIpc) is 2.93. The average molecular weight is 226 g/mol. The minimum Gasteiger partial charge on any atom is -0.447 e. The monoisotopic (exact) mass is 226 g/mol. The van der Waals surface area contributed by atoms with E-state index in [0.717, 1.165) is 19.5 Å². The molecule has 0 radical (unpaired) electrons. The summed E-state index contributed by atoms with van der Waals surface area (Å²) in [6.45, 7) is 10.0. The number of nitrogens with zero attached hydrogens (tertiary/aromatic N) is 2. The lowest BCUT2D eigenvalue weighted by Crippen LogP contribution is -2.51. The minimum atomic E-state index is -0.133. The highest BCUT2D eigenvalue weighted by Gasteiger charge is 2.51. The summed E-state index contributed by atoms with van der Waals surface area (Å²) >= 11 is 0. The number of rotatable bonds is 2. The zero-order valence-electron chi connectivity index (χ0n) is 10.6. The molecule has 0 N–H and O–H groups in total. The van der Waals surface area contributed by atoms with Gasteiger partial charge in [-0.05, 0) is 34.1 Å². The standard InChI is InChI=1S/C12H22N2O2/c1-8(2)13-5-6-14(11-7-10(11)13)12(15)16-9(3)4/h8-11H,5-7H2,1-4H3. The van der Waals surface area contributed by atoms with Crippen molar-refractivity contribution in [3.05, 3.63) is 0 Å². The Bertz CT molecular complexity index is 278. The zero-order valence-corrected chi connectivity index (χ0v) is 10.6. The van der Waals surface area contributed by atoms with E-state index in [2.05, 4.69) is 18.7 Å². The molecule has 92 valence electrons. The number of carbonyl (C=O) groups is 1. The smallest absolute Gasteiger partial charge is 0.410 e. The summed E-state index contributed by atoms with van der Waals surface area (Å²) in [7, 11) is 0. The Balaban J connectivity index is 1.91. The highest BCUT2D eigenvalue weighted by Crippen LogP contribution is 2.38. The molecule has 0 bridgehead atoms. The van der Waals surface area contributed by atoms with Gasteiger partial charge in [-0.2, -0.15) is 0 Å². The topological polar surface area (TPSA) is 32.8 Å². The molecule has 0 spiro atoms. The van der Waals surface area contributed by atoms with Gasteiger partial charge in [-0.15, -0.1) is 0 Å². The van der Waals surface area contributed by atoms with Crippen LogP contribution in [0.2, 0.25) is 0 Å². The number of hydrogen-bond donors (Lipinski definition) is 0. The SMILES string of the molecule is CC(C)OC(=O)N1CCN(C(C)C)C2CC21.